The molecule has 3 rings (SSSR count). The molecule has 0 fully saturated rings. The van der Waals surface area contributed by atoms with Crippen LogP contribution in [-0.2, 0) is 4.74 Å². The number of ether oxygens (including phenoxy) is 1. The van der Waals surface area contributed by atoms with E-state index in [1.807, 2.05) is 31.2 Å². The van der Waals surface area contributed by atoms with Crippen LogP contribution in [0.15, 0.2) is 42.5 Å². The molecule has 0 aliphatic rings. The Morgan fingerprint density at radius 3 is 2.58 bits per heavy atom. The zero-order chi connectivity index (χ0) is 17.3. The number of benzene rings is 2. The molecule has 0 aliphatic carbocycles. The van der Waals surface area contributed by atoms with Crippen molar-refractivity contribution >= 4 is 39.0 Å². The number of phenolic OH excluding ortho intramolecular Hbond substituents is 1. The maximum absolute atomic E-state index is 12.6. The fraction of sp³-hybridized carbons (Fsp3) is 0.111. The molecule has 24 heavy (non-hydrogen) atoms. The Bertz CT molecular complexity index is 945. The number of phenols is 1. The molecule has 0 saturated heterocycles. The van der Waals surface area contributed by atoms with Crippen LogP contribution in [0.4, 0.5) is 5.69 Å². The lowest BCUT2D eigenvalue weighted by molar-refractivity contribution is 0.0597. The van der Waals surface area contributed by atoms with Crippen LogP contribution in [0.2, 0.25) is 0 Å². The lowest BCUT2D eigenvalue weighted by Gasteiger charge is -2.09. The molecule has 0 atom stereocenters. The lowest BCUT2D eigenvalue weighted by Crippen LogP contribution is -2.12. The van der Waals surface area contributed by atoms with Crippen LogP contribution in [0.5, 0.6) is 5.75 Å². The van der Waals surface area contributed by atoms with Crippen LogP contribution in [-0.4, -0.2) is 24.1 Å². The first-order chi connectivity index (χ1) is 11.5. The molecular weight excluding hydrogens is 326 g/mol. The third-order valence-electron chi connectivity index (χ3n) is 3.74. The molecule has 3 aromatic rings. The largest absolute Gasteiger partial charge is 0.505 e. The predicted octanol–water partition coefficient (Wildman–Crippen LogP) is 3.95. The number of para-hydroxylation sites is 1. The number of anilines is 1. The van der Waals surface area contributed by atoms with Crippen LogP contribution in [0.25, 0.3) is 10.1 Å². The van der Waals surface area contributed by atoms with Gasteiger partial charge in [-0.25, -0.2) is 4.79 Å². The number of carbonyl (C=O) groups excluding carboxylic acids is 2. The van der Waals surface area contributed by atoms with Crippen LogP contribution < -0.4 is 5.32 Å². The van der Waals surface area contributed by atoms with E-state index < -0.39 is 5.97 Å². The minimum absolute atomic E-state index is 0.00311. The molecule has 2 N–H and O–H groups in total. The molecule has 1 heterocycles. The van der Waals surface area contributed by atoms with E-state index in [1.165, 1.54) is 30.6 Å². The van der Waals surface area contributed by atoms with Crippen LogP contribution in [0, 0.1) is 6.92 Å². The van der Waals surface area contributed by atoms with E-state index in [2.05, 4.69) is 10.1 Å². The number of hydrogen-bond acceptors (Lipinski definition) is 5. The number of fused-ring (bicyclic) bond motifs is 1. The average Bonchev–Trinajstić information content (AvgIpc) is 2.93. The Kier molecular flexibility index (Phi) is 4.22. The summed E-state index contributed by atoms with van der Waals surface area (Å²) >= 11 is 1.39. The fourth-order valence-corrected chi connectivity index (χ4v) is 3.59. The van der Waals surface area contributed by atoms with Crippen molar-refractivity contribution in [1.29, 1.82) is 0 Å². The molecular formula is C18H15NO4S. The zero-order valence-electron chi connectivity index (χ0n) is 13.1. The first-order valence-electron chi connectivity index (χ1n) is 7.22. The number of nitrogens with one attached hydrogen (secondary N) is 1. The number of esters is 1. The van der Waals surface area contributed by atoms with Gasteiger partial charge in [-0.3, -0.25) is 4.79 Å². The summed E-state index contributed by atoms with van der Waals surface area (Å²) in [6.45, 7) is 1.89. The SMILES string of the molecule is COC(=O)c1cccc(NC(=O)c2sc3ccccc3c2C)c1O. The van der Waals surface area contributed by atoms with Gasteiger partial charge in [0.1, 0.15) is 5.56 Å². The van der Waals surface area contributed by atoms with E-state index >= 15 is 0 Å². The molecule has 0 radical (unpaired) electrons. The summed E-state index contributed by atoms with van der Waals surface area (Å²) in [5.74, 6) is -1.30. The Morgan fingerprint density at radius 2 is 1.88 bits per heavy atom. The van der Waals surface area contributed by atoms with Crippen LogP contribution in [0.1, 0.15) is 25.6 Å². The van der Waals surface area contributed by atoms with Crippen molar-refractivity contribution in [3.05, 3.63) is 58.5 Å². The Morgan fingerprint density at radius 1 is 1.12 bits per heavy atom. The number of aryl methyl sites for hydroxylation is 1. The Balaban J connectivity index is 1.95. The summed E-state index contributed by atoms with van der Waals surface area (Å²) in [5, 5.41) is 13.9. The molecule has 0 bridgehead atoms. The summed E-state index contributed by atoms with van der Waals surface area (Å²) in [4.78, 5) is 24.8. The van der Waals surface area contributed by atoms with Crippen molar-refractivity contribution in [2.75, 3.05) is 12.4 Å². The van der Waals surface area contributed by atoms with Gasteiger partial charge in [0.05, 0.1) is 17.7 Å². The number of hydrogen-bond donors (Lipinski definition) is 2. The Hall–Kier alpha value is -2.86. The number of carbonyl (C=O) groups is 2. The highest BCUT2D eigenvalue weighted by molar-refractivity contribution is 7.21. The highest BCUT2D eigenvalue weighted by atomic mass is 32.1. The molecule has 122 valence electrons. The monoisotopic (exact) mass is 341 g/mol. The van der Waals surface area contributed by atoms with Crippen molar-refractivity contribution in [1.82, 2.24) is 0 Å². The van der Waals surface area contributed by atoms with Crippen molar-refractivity contribution < 1.29 is 19.4 Å². The normalized spacial score (nSPS) is 10.6. The molecule has 0 spiro atoms. The highest BCUT2D eigenvalue weighted by Crippen LogP contribution is 2.33. The summed E-state index contributed by atoms with van der Waals surface area (Å²) < 4.78 is 5.63. The third kappa shape index (κ3) is 2.72. The summed E-state index contributed by atoms with van der Waals surface area (Å²) in [5.41, 5.74) is 1.06. The average molecular weight is 341 g/mol. The molecule has 6 heteroatoms. The molecule has 0 unspecified atom stereocenters. The number of amides is 1. The first kappa shape index (κ1) is 16.0. The van der Waals surface area contributed by atoms with E-state index in [1.54, 1.807) is 6.07 Å². The first-order valence-corrected chi connectivity index (χ1v) is 8.04. The van der Waals surface area contributed by atoms with Gasteiger partial charge in [0, 0.05) is 4.70 Å². The summed E-state index contributed by atoms with van der Waals surface area (Å²) in [6.07, 6.45) is 0. The second kappa shape index (κ2) is 6.33. The molecule has 5 nitrogen and oxygen atoms in total. The second-order valence-corrected chi connectivity index (χ2v) is 6.25. The highest BCUT2D eigenvalue weighted by Gasteiger charge is 2.19. The van der Waals surface area contributed by atoms with E-state index in [9.17, 15) is 14.7 Å². The van der Waals surface area contributed by atoms with Crippen LogP contribution in [0.3, 0.4) is 0 Å². The second-order valence-electron chi connectivity index (χ2n) is 5.20. The fourth-order valence-electron chi connectivity index (χ4n) is 2.49. The molecule has 1 amide bonds. The van der Waals surface area contributed by atoms with Gasteiger partial charge in [0.15, 0.2) is 5.75 Å². The number of thiophene rings is 1. The number of methoxy groups -OCH3 is 1. The van der Waals surface area contributed by atoms with Crippen molar-refractivity contribution in [2.24, 2.45) is 0 Å². The minimum atomic E-state index is -0.665. The van der Waals surface area contributed by atoms with Gasteiger partial charge in [-0.2, -0.15) is 0 Å². The van der Waals surface area contributed by atoms with Gasteiger partial charge in [0.2, 0.25) is 0 Å². The molecule has 0 saturated carbocycles. The summed E-state index contributed by atoms with van der Waals surface area (Å²) in [7, 11) is 1.23. The standard InChI is InChI=1S/C18H15NO4S/c1-10-11-6-3-4-9-14(11)24-16(10)17(21)19-13-8-5-7-12(15(13)20)18(22)23-2/h3-9,20H,1-2H3,(H,19,21). The van der Waals surface area contributed by atoms with Crippen molar-refractivity contribution in [3.63, 3.8) is 0 Å². The van der Waals surface area contributed by atoms with Gasteiger partial charge in [-0.1, -0.05) is 24.3 Å². The molecule has 2 aromatic carbocycles. The maximum atomic E-state index is 12.6. The Labute approximate surface area is 142 Å². The van der Waals surface area contributed by atoms with Gasteiger partial charge in [0.25, 0.3) is 5.91 Å². The minimum Gasteiger partial charge on any atom is -0.505 e. The van der Waals surface area contributed by atoms with E-state index in [0.29, 0.717) is 4.88 Å². The lowest BCUT2D eigenvalue weighted by atomic mass is 10.1. The summed E-state index contributed by atoms with van der Waals surface area (Å²) in [6, 6.07) is 12.3. The molecule has 0 aliphatic heterocycles. The van der Waals surface area contributed by atoms with Crippen LogP contribution >= 0.6 is 11.3 Å². The number of rotatable bonds is 3. The van der Waals surface area contributed by atoms with Crippen molar-refractivity contribution in [2.45, 2.75) is 6.92 Å². The van der Waals surface area contributed by atoms with E-state index in [-0.39, 0.29) is 22.9 Å². The molecule has 1 aromatic heterocycles. The predicted molar refractivity (Wildman–Crippen MR) is 94.0 cm³/mol. The topological polar surface area (TPSA) is 75.6 Å². The number of aromatic hydroxyl groups is 1. The third-order valence-corrected chi connectivity index (χ3v) is 5.01. The van der Waals surface area contributed by atoms with Crippen molar-refractivity contribution in [3.8, 4) is 5.75 Å². The van der Waals surface area contributed by atoms with E-state index in [4.69, 9.17) is 0 Å². The smallest absolute Gasteiger partial charge is 0.341 e. The quantitative estimate of drug-likeness (QED) is 0.558. The van der Waals surface area contributed by atoms with Gasteiger partial charge < -0.3 is 15.2 Å². The van der Waals surface area contributed by atoms with Gasteiger partial charge in [-0.15, -0.1) is 11.3 Å². The van der Waals surface area contributed by atoms with E-state index in [0.717, 1.165) is 15.6 Å². The zero-order valence-corrected chi connectivity index (χ0v) is 13.9. The maximum Gasteiger partial charge on any atom is 0.341 e. The van der Waals surface area contributed by atoms with Gasteiger partial charge >= 0.3 is 5.97 Å². The van der Waals surface area contributed by atoms with Gasteiger partial charge in [-0.05, 0) is 36.1 Å².